The summed E-state index contributed by atoms with van der Waals surface area (Å²) in [6, 6.07) is 0.404. The minimum Gasteiger partial charge on any atom is -0.388 e. The lowest BCUT2D eigenvalue weighted by molar-refractivity contribution is -0.0800. The molecule has 0 aliphatic carbocycles. The molecule has 0 amide bonds. The summed E-state index contributed by atoms with van der Waals surface area (Å²) in [6.45, 7) is 12.6. The maximum Gasteiger partial charge on any atom is 0.0918 e. The van der Waals surface area contributed by atoms with Crippen molar-refractivity contribution < 1.29 is 4.74 Å². The lowest BCUT2D eigenvalue weighted by Crippen LogP contribution is -2.47. The van der Waals surface area contributed by atoms with Crippen molar-refractivity contribution in [3.8, 4) is 0 Å². The average molecular weight is 241 g/mol. The van der Waals surface area contributed by atoms with Crippen molar-refractivity contribution in [2.24, 2.45) is 5.73 Å². The quantitative estimate of drug-likeness (QED) is 0.571. The predicted molar refractivity (Wildman–Crippen MR) is 71.4 cm³/mol. The van der Waals surface area contributed by atoms with Gasteiger partial charge in [0.05, 0.1) is 17.0 Å². The number of hydrogen-bond donors (Lipinski definition) is 2. The Labute approximate surface area is 105 Å². The largest absolute Gasteiger partial charge is 0.388 e. The number of nitrogens with zero attached hydrogens (tertiary/aromatic N) is 1. The van der Waals surface area contributed by atoms with E-state index in [1.165, 1.54) is 0 Å². The van der Waals surface area contributed by atoms with Crippen LogP contribution in [0.3, 0.4) is 0 Å². The summed E-state index contributed by atoms with van der Waals surface area (Å²) >= 11 is 0. The molecule has 17 heavy (non-hydrogen) atoms. The molecule has 0 aromatic carbocycles. The fraction of sp³-hybridized carbons (Fsp3) is 0.923. The molecule has 1 rings (SSSR count). The first kappa shape index (κ1) is 14.5. The van der Waals surface area contributed by atoms with Crippen LogP contribution < -0.4 is 5.73 Å². The Morgan fingerprint density at radius 1 is 1.41 bits per heavy atom. The third kappa shape index (κ3) is 3.68. The van der Waals surface area contributed by atoms with E-state index >= 15 is 0 Å². The molecule has 1 atom stereocenters. The van der Waals surface area contributed by atoms with Gasteiger partial charge in [0, 0.05) is 19.0 Å². The van der Waals surface area contributed by atoms with Crippen LogP contribution in [0.25, 0.3) is 0 Å². The number of ether oxygens (including phenoxy) is 1. The van der Waals surface area contributed by atoms with E-state index in [9.17, 15) is 0 Å². The van der Waals surface area contributed by atoms with Crippen LogP contribution in [0.2, 0.25) is 0 Å². The Morgan fingerprint density at radius 2 is 2.00 bits per heavy atom. The van der Waals surface area contributed by atoms with Crippen LogP contribution in [-0.2, 0) is 4.74 Å². The van der Waals surface area contributed by atoms with Crippen molar-refractivity contribution in [1.29, 1.82) is 5.41 Å². The molecule has 0 aromatic rings. The molecule has 1 saturated heterocycles. The lowest BCUT2D eigenvalue weighted by Gasteiger charge is -2.35. The van der Waals surface area contributed by atoms with Crippen molar-refractivity contribution in [2.75, 3.05) is 13.1 Å². The van der Waals surface area contributed by atoms with E-state index in [0.29, 0.717) is 12.5 Å². The van der Waals surface area contributed by atoms with E-state index in [1.54, 1.807) is 0 Å². The van der Waals surface area contributed by atoms with Crippen LogP contribution in [-0.4, -0.2) is 41.1 Å². The zero-order valence-corrected chi connectivity index (χ0v) is 11.8. The topological polar surface area (TPSA) is 62.3 Å². The molecule has 100 valence electrons. The first-order valence-electron chi connectivity index (χ1n) is 6.45. The molecule has 1 fully saturated rings. The van der Waals surface area contributed by atoms with E-state index in [0.717, 1.165) is 19.5 Å². The molecule has 1 aliphatic heterocycles. The van der Waals surface area contributed by atoms with Gasteiger partial charge in [-0.15, -0.1) is 0 Å². The molecular formula is C13H27N3O. The highest BCUT2D eigenvalue weighted by molar-refractivity contribution is 5.76. The van der Waals surface area contributed by atoms with E-state index in [-0.39, 0.29) is 17.0 Å². The summed E-state index contributed by atoms with van der Waals surface area (Å²) in [6.07, 6.45) is 1.67. The molecule has 0 bridgehead atoms. The van der Waals surface area contributed by atoms with Crippen molar-refractivity contribution in [3.05, 3.63) is 0 Å². The second kappa shape index (κ2) is 4.94. The highest BCUT2D eigenvalue weighted by atomic mass is 16.5. The summed E-state index contributed by atoms with van der Waals surface area (Å²) in [5.74, 6) is 0.263. The van der Waals surface area contributed by atoms with Crippen LogP contribution in [0.15, 0.2) is 0 Å². The maximum atomic E-state index is 7.33. The van der Waals surface area contributed by atoms with Gasteiger partial charge in [-0.1, -0.05) is 6.92 Å². The molecule has 0 spiro atoms. The van der Waals surface area contributed by atoms with Gasteiger partial charge in [-0.25, -0.2) is 0 Å². The molecule has 1 aliphatic rings. The van der Waals surface area contributed by atoms with Crippen molar-refractivity contribution in [1.82, 2.24) is 4.90 Å². The molecule has 3 N–H and O–H groups in total. The number of amidine groups is 1. The third-order valence-electron chi connectivity index (χ3n) is 3.54. The monoisotopic (exact) mass is 241 g/mol. The summed E-state index contributed by atoms with van der Waals surface area (Å²) in [5.41, 5.74) is 5.25. The Hall–Kier alpha value is -0.610. The molecule has 0 aromatic heterocycles. The third-order valence-corrected chi connectivity index (χ3v) is 3.54. The second-order valence-electron chi connectivity index (χ2n) is 6.09. The standard InChI is InChI=1S/C13H27N3O/c1-6-16(8-7-11(14)15)10-9-12(2,3)17-13(10,4)5/h10H,6-9H2,1-5H3,(H3,14,15). The van der Waals surface area contributed by atoms with E-state index in [2.05, 4.69) is 39.5 Å². The first-order valence-corrected chi connectivity index (χ1v) is 6.45. The predicted octanol–water partition coefficient (Wildman–Crippen LogP) is 1.98. The number of nitrogens with two attached hydrogens (primary N) is 1. The van der Waals surface area contributed by atoms with E-state index < -0.39 is 0 Å². The van der Waals surface area contributed by atoms with Crippen molar-refractivity contribution in [2.45, 2.75) is 64.7 Å². The summed E-state index contributed by atoms with van der Waals surface area (Å²) in [5, 5.41) is 7.33. The lowest BCUT2D eigenvalue weighted by atomic mass is 9.93. The van der Waals surface area contributed by atoms with Crippen LogP contribution in [0, 0.1) is 5.41 Å². The Kier molecular flexibility index (Phi) is 4.20. The highest BCUT2D eigenvalue weighted by Crippen LogP contribution is 2.40. The average Bonchev–Trinajstić information content (AvgIpc) is 2.35. The van der Waals surface area contributed by atoms with Gasteiger partial charge in [0.25, 0.3) is 0 Å². The van der Waals surface area contributed by atoms with Gasteiger partial charge in [-0.2, -0.15) is 0 Å². The Bertz CT molecular complexity index is 286. The van der Waals surface area contributed by atoms with E-state index in [4.69, 9.17) is 15.9 Å². The van der Waals surface area contributed by atoms with Crippen LogP contribution in [0.5, 0.6) is 0 Å². The SMILES string of the molecule is CCN(CCC(=N)N)C1CC(C)(C)OC1(C)C. The summed E-state index contributed by atoms with van der Waals surface area (Å²) in [4.78, 5) is 2.39. The normalized spacial score (nSPS) is 26.4. The van der Waals surface area contributed by atoms with Crippen molar-refractivity contribution >= 4 is 5.84 Å². The van der Waals surface area contributed by atoms with Gasteiger partial charge >= 0.3 is 0 Å². The fourth-order valence-electron chi connectivity index (χ4n) is 2.90. The van der Waals surface area contributed by atoms with Crippen LogP contribution in [0.4, 0.5) is 0 Å². The summed E-state index contributed by atoms with van der Waals surface area (Å²) in [7, 11) is 0. The van der Waals surface area contributed by atoms with Gasteiger partial charge in [-0.05, 0) is 40.7 Å². The second-order valence-corrected chi connectivity index (χ2v) is 6.09. The molecule has 1 unspecified atom stereocenters. The molecule has 4 heteroatoms. The Balaban J connectivity index is 2.71. The van der Waals surface area contributed by atoms with E-state index in [1.807, 2.05) is 0 Å². The number of rotatable bonds is 5. The molecule has 4 nitrogen and oxygen atoms in total. The van der Waals surface area contributed by atoms with Gasteiger partial charge in [0.2, 0.25) is 0 Å². The summed E-state index contributed by atoms with van der Waals surface area (Å²) < 4.78 is 6.11. The van der Waals surface area contributed by atoms with Crippen LogP contribution in [0.1, 0.15) is 47.5 Å². The van der Waals surface area contributed by atoms with Gasteiger partial charge in [0.15, 0.2) is 0 Å². The Morgan fingerprint density at radius 3 is 2.35 bits per heavy atom. The smallest absolute Gasteiger partial charge is 0.0918 e. The van der Waals surface area contributed by atoms with Crippen LogP contribution >= 0.6 is 0 Å². The maximum absolute atomic E-state index is 7.33. The fourth-order valence-corrected chi connectivity index (χ4v) is 2.90. The van der Waals surface area contributed by atoms with Gasteiger partial charge in [0.1, 0.15) is 0 Å². The minimum atomic E-state index is -0.129. The minimum absolute atomic E-state index is 0.0577. The zero-order chi connectivity index (χ0) is 13.3. The molecule has 1 heterocycles. The number of nitrogens with one attached hydrogen (secondary N) is 1. The first-order chi connectivity index (χ1) is 7.68. The van der Waals surface area contributed by atoms with Gasteiger partial charge in [-0.3, -0.25) is 10.3 Å². The molecule has 0 radical (unpaired) electrons. The van der Waals surface area contributed by atoms with Gasteiger partial charge < -0.3 is 10.5 Å². The number of hydrogen-bond acceptors (Lipinski definition) is 3. The molecule has 0 saturated carbocycles. The molecular weight excluding hydrogens is 214 g/mol. The highest BCUT2D eigenvalue weighted by Gasteiger charge is 2.47. The zero-order valence-electron chi connectivity index (χ0n) is 11.8. The van der Waals surface area contributed by atoms with Crippen molar-refractivity contribution in [3.63, 3.8) is 0 Å². The number of likely N-dealkylation sites (N-methyl/N-ethyl adjacent to an activating group) is 1.